The Bertz CT molecular complexity index is 1130. The van der Waals surface area contributed by atoms with E-state index in [1.807, 2.05) is 36.4 Å². The number of benzene rings is 1. The second-order valence-corrected chi connectivity index (χ2v) is 5.53. The highest BCUT2D eigenvalue weighted by atomic mass is 15.2. The fourth-order valence-electron chi connectivity index (χ4n) is 2.75. The largest absolute Gasteiger partial charge is 0.242 e. The molecular formula is C18H10N8. The lowest BCUT2D eigenvalue weighted by molar-refractivity contribution is 0.971. The summed E-state index contributed by atoms with van der Waals surface area (Å²) in [6.07, 6.45) is 6.24. The molecule has 0 bridgehead atoms. The van der Waals surface area contributed by atoms with Crippen molar-refractivity contribution >= 4 is 21.8 Å². The minimum Gasteiger partial charge on any atom is -0.242 e. The van der Waals surface area contributed by atoms with Gasteiger partial charge >= 0.3 is 0 Å². The molecule has 0 saturated heterocycles. The Balaban J connectivity index is 1.77. The van der Waals surface area contributed by atoms with Crippen LogP contribution in [-0.4, -0.2) is 40.3 Å². The van der Waals surface area contributed by atoms with Crippen LogP contribution in [0, 0.1) is 0 Å². The first-order chi connectivity index (χ1) is 12.9. The van der Waals surface area contributed by atoms with Gasteiger partial charge in [-0.2, -0.15) is 10.2 Å². The molecule has 8 heteroatoms. The Morgan fingerprint density at radius 3 is 1.38 bits per heavy atom. The van der Waals surface area contributed by atoms with Gasteiger partial charge in [0.05, 0.1) is 23.4 Å². The van der Waals surface area contributed by atoms with Gasteiger partial charge in [-0.1, -0.05) is 24.3 Å². The molecule has 0 spiro atoms. The summed E-state index contributed by atoms with van der Waals surface area (Å²) in [6, 6.07) is 11.7. The molecule has 8 nitrogen and oxygen atoms in total. The fourth-order valence-corrected chi connectivity index (χ4v) is 2.75. The zero-order chi connectivity index (χ0) is 17.3. The SMILES string of the molecule is c1cnc(-c2ccc3ccc4ccc(-c5nccnn5)nc4c3n2)nn1. The third-order valence-corrected chi connectivity index (χ3v) is 3.94. The van der Waals surface area contributed by atoms with E-state index in [4.69, 9.17) is 9.97 Å². The van der Waals surface area contributed by atoms with E-state index in [9.17, 15) is 0 Å². The molecule has 4 aromatic heterocycles. The topological polar surface area (TPSA) is 103 Å². The molecule has 0 unspecified atom stereocenters. The van der Waals surface area contributed by atoms with Gasteiger partial charge in [0.25, 0.3) is 0 Å². The lowest BCUT2D eigenvalue weighted by Gasteiger charge is -2.06. The first-order valence-corrected chi connectivity index (χ1v) is 7.87. The van der Waals surface area contributed by atoms with Crippen LogP contribution < -0.4 is 0 Å². The van der Waals surface area contributed by atoms with E-state index >= 15 is 0 Å². The molecule has 5 aromatic rings. The molecule has 0 radical (unpaired) electrons. The molecule has 0 aliphatic carbocycles. The minimum atomic E-state index is 0.471. The van der Waals surface area contributed by atoms with Gasteiger partial charge in [0, 0.05) is 23.2 Å². The number of aromatic nitrogens is 8. The number of hydrogen-bond donors (Lipinski definition) is 0. The zero-order valence-electron chi connectivity index (χ0n) is 13.4. The second kappa shape index (κ2) is 5.85. The summed E-state index contributed by atoms with van der Waals surface area (Å²) in [5.74, 6) is 0.941. The quantitative estimate of drug-likeness (QED) is 0.452. The maximum absolute atomic E-state index is 4.72. The van der Waals surface area contributed by atoms with Crippen LogP contribution in [0.5, 0.6) is 0 Å². The van der Waals surface area contributed by atoms with Gasteiger partial charge in [-0.05, 0) is 12.1 Å². The Kier molecular flexibility index (Phi) is 3.24. The Labute approximate surface area is 147 Å². The van der Waals surface area contributed by atoms with Crippen LogP contribution >= 0.6 is 0 Å². The average Bonchev–Trinajstić information content (AvgIpc) is 2.74. The van der Waals surface area contributed by atoms with Gasteiger partial charge in [0.15, 0.2) is 11.6 Å². The number of pyridine rings is 2. The molecule has 1 aromatic carbocycles. The lowest BCUT2D eigenvalue weighted by Crippen LogP contribution is -1.96. The summed E-state index contributed by atoms with van der Waals surface area (Å²) in [4.78, 5) is 17.9. The van der Waals surface area contributed by atoms with Crippen molar-refractivity contribution in [1.29, 1.82) is 0 Å². The molecule has 0 amide bonds. The van der Waals surface area contributed by atoms with Crippen molar-refractivity contribution in [2.45, 2.75) is 0 Å². The van der Waals surface area contributed by atoms with Gasteiger partial charge < -0.3 is 0 Å². The molecule has 122 valence electrons. The predicted molar refractivity (Wildman–Crippen MR) is 94.7 cm³/mol. The molecule has 0 aliphatic heterocycles. The molecule has 4 heterocycles. The molecule has 0 N–H and O–H groups in total. The molecule has 0 saturated carbocycles. The van der Waals surface area contributed by atoms with Crippen LogP contribution in [0.15, 0.2) is 61.2 Å². The normalized spacial score (nSPS) is 11.1. The van der Waals surface area contributed by atoms with Crippen molar-refractivity contribution in [2.24, 2.45) is 0 Å². The van der Waals surface area contributed by atoms with Crippen molar-refractivity contribution in [1.82, 2.24) is 40.3 Å². The van der Waals surface area contributed by atoms with E-state index in [1.165, 1.54) is 12.4 Å². The maximum Gasteiger partial charge on any atom is 0.200 e. The van der Waals surface area contributed by atoms with Crippen LogP contribution in [0.4, 0.5) is 0 Å². The molecular weight excluding hydrogens is 328 g/mol. The number of hydrogen-bond acceptors (Lipinski definition) is 8. The van der Waals surface area contributed by atoms with Crippen LogP contribution in [0.25, 0.3) is 44.8 Å². The summed E-state index contributed by atoms with van der Waals surface area (Å²) in [7, 11) is 0. The molecule has 5 rings (SSSR count). The standard InChI is InChI=1S/C18H10N8/c1-2-12-4-6-14(18-20-8-10-22-26-18)24-16(12)15-11(1)3-5-13(23-15)17-19-7-9-21-25-17/h1-10H. The van der Waals surface area contributed by atoms with Crippen molar-refractivity contribution < 1.29 is 0 Å². The summed E-state index contributed by atoms with van der Waals surface area (Å²) >= 11 is 0. The second-order valence-electron chi connectivity index (χ2n) is 5.53. The summed E-state index contributed by atoms with van der Waals surface area (Å²) in [6.45, 7) is 0. The Hall–Kier alpha value is -3.94. The third-order valence-electron chi connectivity index (χ3n) is 3.94. The Morgan fingerprint density at radius 2 is 0.962 bits per heavy atom. The smallest absolute Gasteiger partial charge is 0.200 e. The van der Waals surface area contributed by atoms with Gasteiger partial charge in [-0.3, -0.25) is 0 Å². The summed E-state index contributed by atoms with van der Waals surface area (Å²) in [5.41, 5.74) is 2.81. The summed E-state index contributed by atoms with van der Waals surface area (Å²) in [5, 5.41) is 17.7. The molecule has 0 aliphatic rings. The molecule has 0 atom stereocenters. The predicted octanol–water partition coefficient (Wildman–Crippen LogP) is 2.49. The third kappa shape index (κ3) is 2.40. The van der Waals surface area contributed by atoms with Gasteiger partial charge in [-0.15, -0.1) is 10.2 Å². The molecule has 0 fully saturated rings. The van der Waals surface area contributed by atoms with Crippen LogP contribution in [0.3, 0.4) is 0 Å². The van der Waals surface area contributed by atoms with E-state index < -0.39 is 0 Å². The highest BCUT2D eigenvalue weighted by Gasteiger charge is 2.10. The average molecular weight is 338 g/mol. The Morgan fingerprint density at radius 1 is 0.500 bits per heavy atom. The zero-order valence-corrected chi connectivity index (χ0v) is 13.4. The highest BCUT2D eigenvalue weighted by Crippen LogP contribution is 2.26. The van der Waals surface area contributed by atoms with E-state index in [0.29, 0.717) is 23.0 Å². The maximum atomic E-state index is 4.72. The molecule has 26 heavy (non-hydrogen) atoms. The van der Waals surface area contributed by atoms with Crippen LogP contribution in [-0.2, 0) is 0 Å². The van der Waals surface area contributed by atoms with Crippen molar-refractivity contribution in [3.05, 3.63) is 61.2 Å². The minimum absolute atomic E-state index is 0.471. The van der Waals surface area contributed by atoms with Crippen molar-refractivity contribution in [3.63, 3.8) is 0 Å². The van der Waals surface area contributed by atoms with Crippen LogP contribution in [0.2, 0.25) is 0 Å². The monoisotopic (exact) mass is 338 g/mol. The van der Waals surface area contributed by atoms with E-state index in [0.717, 1.165) is 21.8 Å². The van der Waals surface area contributed by atoms with Gasteiger partial charge in [0.2, 0.25) is 0 Å². The highest BCUT2D eigenvalue weighted by molar-refractivity contribution is 6.03. The van der Waals surface area contributed by atoms with Crippen LogP contribution in [0.1, 0.15) is 0 Å². The fraction of sp³-hybridized carbons (Fsp3) is 0. The van der Waals surface area contributed by atoms with E-state index in [2.05, 4.69) is 30.4 Å². The first kappa shape index (κ1) is 14.4. The van der Waals surface area contributed by atoms with Gasteiger partial charge in [-0.25, -0.2) is 19.9 Å². The lowest BCUT2D eigenvalue weighted by atomic mass is 10.1. The number of fused-ring (bicyclic) bond motifs is 3. The first-order valence-electron chi connectivity index (χ1n) is 7.87. The number of rotatable bonds is 2. The van der Waals surface area contributed by atoms with E-state index in [1.54, 1.807) is 12.4 Å². The van der Waals surface area contributed by atoms with Gasteiger partial charge in [0.1, 0.15) is 11.4 Å². The van der Waals surface area contributed by atoms with E-state index in [-0.39, 0.29) is 0 Å². The summed E-state index contributed by atoms with van der Waals surface area (Å²) < 4.78 is 0. The van der Waals surface area contributed by atoms with Crippen molar-refractivity contribution in [2.75, 3.05) is 0 Å². The van der Waals surface area contributed by atoms with Crippen molar-refractivity contribution in [3.8, 4) is 23.0 Å². The number of nitrogens with zero attached hydrogens (tertiary/aromatic N) is 8.